The van der Waals surface area contributed by atoms with Crippen LogP contribution < -0.4 is 5.32 Å². The van der Waals surface area contributed by atoms with E-state index >= 15 is 0 Å². The fraction of sp³-hybridized carbons (Fsp3) is 0.211. The smallest absolute Gasteiger partial charge is 0.173 e. The Hall–Kier alpha value is -2.73. The number of nitrogens with zero attached hydrogens (tertiary/aromatic N) is 4. The number of anilines is 1. The predicted molar refractivity (Wildman–Crippen MR) is 103 cm³/mol. The maximum absolute atomic E-state index is 4.77. The summed E-state index contributed by atoms with van der Waals surface area (Å²) in [6.45, 7) is 4.96. The lowest BCUT2D eigenvalue weighted by molar-refractivity contribution is 0.613. The zero-order chi connectivity index (χ0) is 17.2. The number of rotatable bonds is 5. The van der Waals surface area contributed by atoms with Gasteiger partial charge in [0.05, 0.1) is 11.2 Å². The molecule has 0 saturated carbocycles. The lowest BCUT2D eigenvalue weighted by Crippen LogP contribution is -2.06. The first kappa shape index (κ1) is 15.8. The first-order valence-corrected chi connectivity index (χ1v) is 9.16. The van der Waals surface area contributed by atoms with Crippen molar-refractivity contribution in [2.75, 3.05) is 5.32 Å². The summed E-state index contributed by atoms with van der Waals surface area (Å²) >= 11 is 1.64. The molecule has 3 heterocycles. The molecule has 0 radical (unpaired) electrons. The number of imidazole rings is 1. The molecular weight excluding hydrogens is 330 g/mol. The highest BCUT2D eigenvalue weighted by Gasteiger charge is 2.16. The monoisotopic (exact) mass is 349 g/mol. The second kappa shape index (κ2) is 6.64. The molecule has 0 saturated heterocycles. The second-order valence-corrected chi connectivity index (χ2v) is 7.08. The lowest BCUT2D eigenvalue weighted by atomic mass is 10.2. The standard InChI is InChI=1S/C19H19N5S/c1-13(2)24-12-21-16-18(20-11-14-7-4-3-5-8-14)22-17(23-19(16)24)15-9-6-10-25-15/h3-10,12-13H,11H2,1-2H3,(H,20,22,23). The Morgan fingerprint density at radius 2 is 1.92 bits per heavy atom. The summed E-state index contributed by atoms with van der Waals surface area (Å²) in [7, 11) is 0. The highest BCUT2D eigenvalue weighted by Crippen LogP contribution is 2.28. The van der Waals surface area contributed by atoms with Crippen molar-refractivity contribution in [3.05, 3.63) is 59.7 Å². The Labute approximate surface area is 150 Å². The van der Waals surface area contributed by atoms with E-state index in [4.69, 9.17) is 9.97 Å². The summed E-state index contributed by atoms with van der Waals surface area (Å²) in [6, 6.07) is 14.6. The van der Waals surface area contributed by atoms with Crippen LogP contribution in [0.2, 0.25) is 0 Å². The van der Waals surface area contributed by atoms with Gasteiger partial charge in [0.25, 0.3) is 0 Å². The quantitative estimate of drug-likeness (QED) is 0.565. The van der Waals surface area contributed by atoms with Crippen LogP contribution in [-0.4, -0.2) is 19.5 Å². The summed E-state index contributed by atoms with van der Waals surface area (Å²) < 4.78 is 2.09. The molecule has 0 atom stereocenters. The minimum atomic E-state index is 0.290. The fourth-order valence-corrected chi connectivity index (χ4v) is 3.37. The Morgan fingerprint density at radius 3 is 2.64 bits per heavy atom. The molecule has 0 fully saturated rings. The topological polar surface area (TPSA) is 55.6 Å². The average Bonchev–Trinajstić information content (AvgIpc) is 3.30. The van der Waals surface area contributed by atoms with E-state index in [2.05, 4.69) is 40.8 Å². The van der Waals surface area contributed by atoms with E-state index in [0.717, 1.165) is 27.7 Å². The lowest BCUT2D eigenvalue weighted by Gasteiger charge is -2.11. The molecule has 0 aliphatic heterocycles. The van der Waals surface area contributed by atoms with Gasteiger partial charge in [-0.1, -0.05) is 36.4 Å². The third-order valence-electron chi connectivity index (χ3n) is 4.02. The summed E-state index contributed by atoms with van der Waals surface area (Å²) in [4.78, 5) is 15.1. The Kier molecular flexibility index (Phi) is 4.19. The molecule has 0 unspecified atom stereocenters. The number of nitrogens with one attached hydrogen (secondary N) is 1. The molecule has 0 aliphatic carbocycles. The largest absolute Gasteiger partial charge is 0.364 e. The van der Waals surface area contributed by atoms with E-state index in [1.807, 2.05) is 42.0 Å². The third-order valence-corrected chi connectivity index (χ3v) is 4.89. The SMILES string of the molecule is CC(C)n1cnc2c(NCc3ccccc3)nc(-c3cccs3)nc21. The van der Waals surface area contributed by atoms with E-state index in [9.17, 15) is 0 Å². The summed E-state index contributed by atoms with van der Waals surface area (Å²) in [5, 5.41) is 5.48. The normalized spacial score (nSPS) is 11.3. The number of benzene rings is 1. The van der Waals surface area contributed by atoms with Gasteiger partial charge < -0.3 is 9.88 Å². The average molecular weight is 349 g/mol. The van der Waals surface area contributed by atoms with E-state index in [0.29, 0.717) is 6.54 Å². The highest BCUT2D eigenvalue weighted by molar-refractivity contribution is 7.13. The van der Waals surface area contributed by atoms with Gasteiger partial charge in [-0.3, -0.25) is 0 Å². The summed E-state index contributed by atoms with van der Waals surface area (Å²) in [6.07, 6.45) is 1.84. The van der Waals surface area contributed by atoms with Crippen LogP contribution in [0.25, 0.3) is 21.9 Å². The van der Waals surface area contributed by atoms with Crippen LogP contribution >= 0.6 is 11.3 Å². The molecule has 0 aliphatic rings. The van der Waals surface area contributed by atoms with Crippen LogP contribution in [0.4, 0.5) is 5.82 Å². The number of hydrogen-bond donors (Lipinski definition) is 1. The van der Waals surface area contributed by atoms with Gasteiger partial charge in [-0.15, -0.1) is 11.3 Å². The summed E-state index contributed by atoms with van der Waals surface area (Å²) in [5.74, 6) is 1.51. The molecule has 0 spiro atoms. The molecule has 1 N–H and O–H groups in total. The highest BCUT2D eigenvalue weighted by atomic mass is 32.1. The van der Waals surface area contributed by atoms with E-state index < -0.39 is 0 Å². The molecule has 5 nitrogen and oxygen atoms in total. The molecule has 1 aromatic carbocycles. The molecule has 6 heteroatoms. The Balaban J connectivity index is 1.78. The van der Waals surface area contributed by atoms with Gasteiger partial charge in [-0.25, -0.2) is 15.0 Å². The van der Waals surface area contributed by atoms with Gasteiger partial charge >= 0.3 is 0 Å². The predicted octanol–water partition coefficient (Wildman–Crippen LogP) is 4.75. The van der Waals surface area contributed by atoms with Crippen molar-refractivity contribution in [2.24, 2.45) is 0 Å². The fourth-order valence-electron chi connectivity index (χ4n) is 2.72. The molecule has 0 amide bonds. The molecular formula is C19H19N5S. The third kappa shape index (κ3) is 3.13. The molecule has 4 aromatic rings. The van der Waals surface area contributed by atoms with Gasteiger partial charge in [0.2, 0.25) is 0 Å². The number of thiophene rings is 1. The van der Waals surface area contributed by atoms with E-state index in [-0.39, 0.29) is 6.04 Å². The van der Waals surface area contributed by atoms with Crippen molar-refractivity contribution in [3.63, 3.8) is 0 Å². The Morgan fingerprint density at radius 1 is 1.08 bits per heavy atom. The van der Waals surface area contributed by atoms with Gasteiger partial charge in [0.15, 0.2) is 17.3 Å². The second-order valence-electron chi connectivity index (χ2n) is 6.13. The minimum absolute atomic E-state index is 0.290. The molecule has 4 rings (SSSR count). The zero-order valence-electron chi connectivity index (χ0n) is 14.2. The molecule has 126 valence electrons. The van der Waals surface area contributed by atoms with Crippen LogP contribution in [0, 0.1) is 0 Å². The molecule has 0 bridgehead atoms. The van der Waals surface area contributed by atoms with Gasteiger partial charge in [0.1, 0.15) is 5.52 Å². The van der Waals surface area contributed by atoms with Crippen molar-refractivity contribution in [3.8, 4) is 10.7 Å². The van der Waals surface area contributed by atoms with E-state index in [1.165, 1.54) is 5.56 Å². The van der Waals surface area contributed by atoms with Crippen LogP contribution in [0.1, 0.15) is 25.5 Å². The minimum Gasteiger partial charge on any atom is -0.364 e. The first-order chi connectivity index (χ1) is 12.2. The maximum Gasteiger partial charge on any atom is 0.173 e. The number of aromatic nitrogens is 4. The van der Waals surface area contributed by atoms with Crippen molar-refractivity contribution in [1.29, 1.82) is 0 Å². The van der Waals surface area contributed by atoms with Crippen LogP contribution in [0.5, 0.6) is 0 Å². The van der Waals surface area contributed by atoms with Crippen LogP contribution in [0.15, 0.2) is 54.2 Å². The first-order valence-electron chi connectivity index (χ1n) is 8.28. The maximum atomic E-state index is 4.77. The summed E-state index contributed by atoms with van der Waals surface area (Å²) in [5.41, 5.74) is 2.88. The molecule has 25 heavy (non-hydrogen) atoms. The number of fused-ring (bicyclic) bond motifs is 1. The van der Waals surface area contributed by atoms with Crippen LogP contribution in [-0.2, 0) is 6.54 Å². The van der Waals surface area contributed by atoms with Crippen molar-refractivity contribution in [2.45, 2.75) is 26.4 Å². The number of hydrogen-bond acceptors (Lipinski definition) is 5. The van der Waals surface area contributed by atoms with Crippen molar-refractivity contribution < 1.29 is 0 Å². The molecule has 3 aromatic heterocycles. The van der Waals surface area contributed by atoms with Crippen molar-refractivity contribution >= 4 is 28.3 Å². The zero-order valence-corrected chi connectivity index (χ0v) is 15.0. The van der Waals surface area contributed by atoms with Crippen molar-refractivity contribution in [1.82, 2.24) is 19.5 Å². The van der Waals surface area contributed by atoms with Gasteiger partial charge in [-0.05, 0) is 30.9 Å². The Bertz CT molecular complexity index is 974. The van der Waals surface area contributed by atoms with Gasteiger partial charge in [0, 0.05) is 12.6 Å². The van der Waals surface area contributed by atoms with E-state index in [1.54, 1.807) is 11.3 Å². The van der Waals surface area contributed by atoms with Crippen LogP contribution in [0.3, 0.4) is 0 Å². The van der Waals surface area contributed by atoms with Gasteiger partial charge in [-0.2, -0.15) is 0 Å².